The van der Waals surface area contributed by atoms with Crippen LogP contribution in [-0.4, -0.2) is 36.6 Å². The normalized spacial score (nSPS) is 27.4. The molecule has 0 radical (unpaired) electrons. The maximum atomic E-state index is 13.8. The Bertz CT molecular complexity index is 474. The minimum Gasteiger partial charge on any atom is -0.329 e. The number of carbonyl (C=O) groups excluding carboxylic acids is 1. The van der Waals surface area contributed by atoms with Gasteiger partial charge in [0.1, 0.15) is 5.82 Å². The van der Waals surface area contributed by atoms with Gasteiger partial charge in [-0.15, -0.1) is 0 Å². The molecular weight excluding hydrogens is 245 g/mol. The van der Waals surface area contributed by atoms with Gasteiger partial charge in [-0.25, -0.2) is 9.18 Å². The quantitative estimate of drug-likeness (QED) is 0.852. The number of nitrogens with one attached hydrogen (secondary N) is 2. The van der Waals surface area contributed by atoms with Crippen LogP contribution in [0.15, 0.2) is 24.3 Å². The van der Waals surface area contributed by atoms with Crippen molar-refractivity contribution in [2.24, 2.45) is 0 Å². The van der Waals surface area contributed by atoms with Gasteiger partial charge in [-0.1, -0.05) is 18.2 Å². The molecule has 2 amide bonds. The molecule has 2 heterocycles. The predicted octanol–water partition coefficient (Wildman–Crippen LogP) is 1.64. The standard InChI is InChI=1S/C14H18FN3O/c15-12-6-2-1-5-11(12)13-9-18(14(19)17-13)10-4-3-7-16-8-10/h1-2,5-6,10,13,16H,3-4,7-9H2,(H,17,19). The highest BCUT2D eigenvalue weighted by Gasteiger charge is 2.35. The number of hydrogen-bond donors (Lipinski definition) is 2. The summed E-state index contributed by atoms with van der Waals surface area (Å²) in [6.07, 6.45) is 2.10. The van der Waals surface area contributed by atoms with Crippen LogP contribution in [-0.2, 0) is 0 Å². The van der Waals surface area contributed by atoms with Gasteiger partial charge in [0.25, 0.3) is 0 Å². The topological polar surface area (TPSA) is 44.4 Å². The Kier molecular flexibility index (Phi) is 3.38. The monoisotopic (exact) mass is 263 g/mol. The summed E-state index contributed by atoms with van der Waals surface area (Å²) in [6.45, 7) is 2.40. The van der Waals surface area contributed by atoms with Crippen molar-refractivity contribution in [3.05, 3.63) is 35.6 Å². The van der Waals surface area contributed by atoms with Gasteiger partial charge in [0.15, 0.2) is 0 Å². The zero-order valence-electron chi connectivity index (χ0n) is 10.7. The highest BCUT2D eigenvalue weighted by Crippen LogP contribution is 2.25. The minimum absolute atomic E-state index is 0.0815. The third-order valence-electron chi connectivity index (χ3n) is 3.93. The van der Waals surface area contributed by atoms with E-state index in [9.17, 15) is 9.18 Å². The molecule has 2 aliphatic rings. The summed E-state index contributed by atoms with van der Waals surface area (Å²) in [5.41, 5.74) is 0.571. The van der Waals surface area contributed by atoms with Crippen molar-refractivity contribution in [1.29, 1.82) is 0 Å². The Morgan fingerprint density at radius 2 is 2.16 bits per heavy atom. The average Bonchev–Trinajstić information content (AvgIpc) is 2.82. The second-order valence-electron chi connectivity index (χ2n) is 5.18. The van der Waals surface area contributed by atoms with Gasteiger partial charge in [0, 0.05) is 24.7 Å². The minimum atomic E-state index is -0.253. The van der Waals surface area contributed by atoms with Crippen LogP contribution in [0.1, 0.15) is 24.4 Å². The number of benzene rings is 1. The van der Waals surface area contributed by atoms with E-state index >= 15 is 0 Å². The molecule has 0 spiro atoms. The molecule has 2 saturated heterocycles. The summed E-state index contributed by atoms with van der Waals surface area (Å²) in [5, 5.41) is 6.18. The van der Waals surface area contributed by atoms with Gasteiger partial charge < -0.3 is 15.5 Å². The third kappa shape index (κ3) is 2.42. The van der Waals surface area contributed by atoms with Crippen molar-refractivity contribution in [3.8, 4) is 0 Å². The molecule has 2 N–H and O–H groups in total. The molecule has 0 aliphatic carbocycles. The SMILES string of the molecule is O=C1NC(c2ccccc2F)CN1C1CCCNC1. The Labute approximate surface area is 112 Å². The van der Waals surface area contributed by atoms with Gasteiger partial charge in [0.2, 0.25) is 0 Å². The number of urea groups is 1. The lowest BCUT2D eigenvalue weighted by Gasteiger charge is -2.30. The molecule has 2 unspecified atom stereocenters. The second kappa shape index (κ2) is 5.17. The number of nitrogens with zero attached hydrogens (tertiary/aromatic N) is 1. The van der Waals surface area contributed by atoms with E-state index < -0.39 is 0 Å². The lowest BCUT2D eigenvalue weighted by Crippen LogP contribution is -2.47. The van der Waals surface area contributed by atoms with Gasteiger partial charge >= 0.3 is 6.03 Å². The fraction of sp³-hybridized carbons (Fsp3) is 0.500. The molecule has 2 fully saturated rings. The van der Waals surface area contributed by atoms with Crippen LogP contribution in [0.3, 0.4) is 0 Å². The molecular formula is C14H18FN3O. The van der Waals surface area contributed by atoms with E-state index in [1.807, 2.05) is 4.90 Å². The fourth-order valence-corrected chi connectivity index (χ4v) is 2.91. The van der Waals surface area contributed by atoms with Crippen LogP contribution in [0.2, 0.25) is 0 Å². The molecule has 3 rings (SSSR count). The first-order valence-electron chi connectivity index (χ1n) is 6.78. The average molecular weight is 263 g/mol. The van der Waals surface area contributed by atoms with Crippen LogP contribution < -0.4 is 10.6 Å². The summed E-state index contributed by atoms with van der Waals surface area (Å²) >= 11 is 0. The predicted molar refractivity (Wildman–Crippen MR) is 70.3 cm³/mol. The molecule has 102 valence electrons. The molecule has 5 heteroatoms. The van der Waals surface area contributed by atoms with Crippen LogP contribution in [0.4, 0.5) is 9.18 Å². The van der Waals surface area contributed by atoms with Crippen LogP contribution >= 0.6 is 0 Å². The summed E-state index contributed by atoms with van der Waals surface area (Å²) in [5.74, 6) is -0.253. The molecule has 0 aromatic heterocycles. The van der Waals surface area contributed by atoms with E-state index in [4.69, 9.17) is 0 Å². The second-order valence-corrected chi connectivity index (χ2v) is 5.18. The zero-order valence-corrected chi connectivity index (χ0v) is 10.7. The van der Waals surface area contributed by atoms with E-state index in [-0.39, 0.29) is 23.9 Å². The van der Waals surface area contributed by atoms with Gasteiger partial charge in [0.05, 0.1) is 6.04 Å². The van der Waals surface area contributed by atoms with E-state index in [1.54, 1.807) is 18.2 Å². The molecule has 4 nitrogen and oxygen atoms in total. The Hall–Kier alpha value is -1.62. The van der Waals surface area contributed by atoms with Gasteiger partial charge in [-0.3, -0.25) is 0 Å². The number of piperidine rings is 1. The Balaban J connectivity index is 1.74. The first-order valence-corrected chi connectivity index (χ1v) is 6.78. The van der Waals surface area contributed by atoms with Crippen molar-refractivity contribution in [2.45, 2.75) is 24.9 Å². The molecule has 1 aromatic carbocycles. The van der Waals surface area contributed by atoms with Crippen LogP contribution in [0, 0.1) is 5.82 Å². The Morgan fingerprint density at radius 1 is 1.32 bits per heavy atom. The van der Waals surface area contributed by atoms with E-state index in [0.29, 0.717) is 12.1 Å². The maximum absolute atomic E-state index is 13.8. The molecule has 2 aliphatic heterocycles. The largest absolute Gasteiger partial charge is 0.329 e. The number of amides is 2. The summed E-state index contributed by atoms with van der Waals surface area (Å²) < 4.78 is 13.8. The van der Waals surface area contributed by atoms with E-state index in [0.717, 1.165) is 25.9 Å². The summed E-state index contributed by atoms with van der Waals surface area (Å²) in [4.78, 5) is 13.9. The summed E-state index contributed by atoms with van der Waals surface area (Å²) in [6, 6.07) is 6.55. The number of carbonyl (C=O) groups is 1. The summed E-state index contributed by atoms with van der Waals surface area (Å²) in [7, 11) is 0. The highest BCUT2D eigenvalue weighted by atomic mass is 19.1. The molecule has 1 aromatic rings. The maximum Gasteiger partial charge on any atom is 0.318 e. The zero-order chi connectivity index (χ0) is 13.2. The molecule has 0 saturated carbocycles. The van der Waals surface area contributed by atoms with Crippen molar-refractivity contribution >= 4 is 6.03 Å². The molecule has 0 bridgehead atoms. The fourth-order valence-electron chi connectivity index (χ4n) is 2.91. The van der Waals surface area contributed by atoms with Gasteiger partial charge in [-0.2, -0.15) is 0 Å². The van der Waals surface area contributed by atoms with Crippen LogP contribution in [0.25, 0.3) is 0 Å². The third-order valence-corrected chi connectivity index (χ3v) is 3.93. The first kappa shape index (κ1) is 12.4. The molecule has 2 atom stereocenters. The smallest absolute Gasteiger partial charge is 0.318 e. The van der Waals surface area contributed by atoms with E-state index in [1.165, 1.54) is 6.07 Å². The van der Waals surface area contributed by atoms with E-state index in [2.05, 4.69) is 10.6 Å². The van der Waals surface area contributed by atoms with Crippen molar-refractivity contribution in [1.82, 2.24) is 15.5 Å². The number of rotatable bonds is 2. The first-order chi connectivity index (χ1) is 9.25. The molecule has 19 heavy (non-hydrogen) atoms. The number of halogens is 1. The van der Waals surface area contributed by atoms with Gasteiger partial charge in [-0.05, 0) is 25.5 Å². The number of hydrogen-bond acceptors (Lipinski definition) is 2. The van der Waals surface area contributed by atoms with Crippen molar-refractivity contribution in [2.75, 3.05) is 19.6 Å². The lowest BCUT2D eigenvalue weighted by molar-refractivity contribution is 0.184. The van der Waals surface area contributed by atoms with Crippen molar-refractivity contribution in [3.63, 3.8) is 0 Å². The lowest BCUT2D eigenvalue weighted by atomic mass is 10.0. The highest BCUT2D eigenvalue weighted by molar-refractivity contribution is 5.77. The van der Waals surface area contributed by atoms with Crippen molar-refractivity contribution < 1.29 is 9.18 Å². The van der Waals surface area contributed by atoms with Crippen LogP contribution in [0.5, 0.6) is 0 Å². The Morgan fingerprint density at radius 3 is 2.89 bits per heavy atom.